The van der Waals surface area contributed by atoms with Crippen LogP contribution in [-0.4, -0.2) is 22.6 Å². The number of pyridine rings is 1. The highest BCUT2D eigenvalue weighted by Gasteiger charge is 2.53. The average Bonchev–Trinajstić information content (AvgIpc) is 3.19. The van der Waals surface area contributed by atoms with Crippen LogP contribution >= 0.6 is 11.6 Å². The highest BCUT2D eigenvalue weighted by atomic mass is 35.5. The van der Waals surface area contributed by atoms with Crippen LogP contribution in [0.4, 0.5) is 5.82 Å². The minimum Gasteiger partial charge on any atom is -0.478 e. The Hall–Kier alpha value is -1.29. The molecule has 2 fully saturated rings. The van der Waals surface area contributed by atoms with Crippen molar-refractivity contribution in [3.05, 3.63) is 22.8 Å². The van der Waals surface area contributed by atoms with E-state index in [1.54, 1.807) is 0 Å². The van der Waals surface area contributed by atoms with Crippen molar-refractivity contribution < 1.29 is 9.90 Å². The maximum Gasteiger partial charge on any atom is 0.337 e. The van der Waals surface area contributed by atoms with Crippen molar-refractivity contribution in [1.82, 2.24) is 4.98 Å². The van der Waals surface area contributed by atoms with Crippen LogP contribution in [-0.2, 0) is 0 Å². The number of carboxylic acid groups (broad SMARTS) is 1. The summed E-state index contributed by atoms with van der Waals surface area (Å²) < 4.78 is 0. The van der Waals surface area contributed by atoms with Crippen LogP contribution in [0.5, 0.6) is 0 Å². The first kappa shape index (κ1) is 11.8. The number of carbonyl (C=O) groups is 1. The van der Waals surface area contributed by atoms with Gasteiger partial charge in [0.05, 0.1) is 10.6 Å². The molecule has 0 radical (unpaired) electrons. The lowest BCUT2D eigenvalue weighted by molar-refractivity contribution is 0.0696. The first-order valence-corrected chi connectivity index (χ1v) is 6.61. The standard InChI is InChI=1S/C13H15ClN2O2/c14-10-5-8(12(17)18)6-15-11(10)16-7-13(3-4-13)9-1-2-9/h5-6,9H,1-4,7H2,(H,15,16)(H,17,18). The van der Waals surface area contributed by atoms with Crippen molar-refractivity contribution >= 4 is 23.4 Å². The molecule has 0 amide bonds. The van der Waals surface area contributed by atoms with Crippen LogP contribution < -0.4 is 5.32 Å². The highest BCUT2D eigenvalue weighted by molar-refractivity contribution is 6.33. The zero-order valence-electron chi connectivity index (χ0n) is 9.95. The molecule has 1 aromatic rings. The van der Waals surface area contributed by atoms with E-state index in [0.717, 1.165) is 12.5 Å². The molecule has 0 atom stereocenters. The van der Waals surface area contributed by atoms with E-state index < -0.39 is 5.97 Å². The van der Waals surface area contributed by atoms with Gasteiger partial charge in [0.15, 0.2) is 0 Å². The largest absolute Gasteiger partial charge is 0.478 e. The fourth-order valence-corrected chi connectivity index (χ4v) is 2.76. The molecule has 2 saturated carbocycles. The Bertz CT molecular complexity index is 496. The van der Waals surface area contributed by atoms with Gasteiger partial charge in [0.25, 0.3) is 0 Å². The molecule has 5 heteroatoms. The van der Waals surface area contributed by atoms with Gasteiger partial charge in [0.2, 0.25) is 0 Å². The Balaban J connectivity index is 1.67. The second-order valence-corrected chi connectivity index (χ2v) is 5.76. The summed E-state index contributed by atoms with van der Waals surface area (Å²) >= 11 is 6.03. The van der Waals surface area contributed by atoms with Gasteiger partial charge in [0.1, 0.15) is 5.82 Å². The lowest BCUT2D eigenvalue weighted by atomic mass is 10.0. The zero-order valence-corrected chi connectivity index (χ0v) is 10.7. The van der Waals surface area contributed by atoms with E-state index in [1.807, 2.05) is 0 Å². The Morgan fingerprint density at radius 1 is 1.56 bits per heavy atom. The Kier molecular flexibility index (Phi) is 2.70. The molecular weight excluding hydrogens is 252 g/mol. The number of rotatable bonds is 5. The summed E-state index contributed by atoms with van der Waals surface area (Å²) in [5, 5.41) is 12.5. The number of hydrogen-bond donors (Lipinski definition) is 2. The monoisotopic (exact) mass is 266 g/mol. The van der Waals surface area contributed by atoms with Crippen molar-refractivity contribution in [2.24, 2.45) is 11.3 Å². The highest BCUT2D eigenvalue weighted by Crippen LogP contribution is 2.61. The Labute approximate surface area is 110 Å². The van der Waals surface area contributed by atoms with Crippen LogP contribution in [0.15, 0.2) is 12.3 Å². The van der Waals surface area contributed by atoms with Crippen molar-refractivity contribution in [1.29, 1.82) is 0 Å². The number of nitrogens with one attached hydrogen (secondary N) is 1. The zero-order chi connectivity index (χ0) is 12.8. The van der Waals surface area contributed by atoms with Gasteiger partial charge in [-0.1, -0.05) is 11.6 Å². The van der Waals surface area contributed by atoms with Gasteiger partial charge in [-0.15, -0.1) is 0 Å². The van der Waals surface area contributed by atoms with Crippen LogP contribution in [0.3, 0.4) is 0 Å². The number of aromatic carboxylic acids is 1. The maximum atomic E-state index is 10.8. The molecule has 3 rings (SSSR count). The Morgan fingerprint density at radius 3 is 2.78 bits per heavy atom. The van der Waals surface area contributed by atoms with Gasteiger partial charge < -0.3 is 10.4 Å². The van der Waals surface area contributed by atoms with Crippen LogP contribution in [0.1, 0.15) is 36.0 Å². The minimum atomic E-state index is -1.01. The molecular formula is C13H15ClN2O2. The van der Waals surface area contributed by atoms with Crippen LogP contribution in [0, 0.1) is 11.3 Å². The van der Waals surface area contributed by atoms with Crippen molar-refractivity contribution in [3.8, 4) is 0 Å². The van der Waals surface area contributed by atoms with Gasteiger partial charge in [-0.2, -0.15) is 0 Å². The summed E-state index contributed by atoms with van der Waals surface area (Å²) in [4.78, 5) is 14.9. The average molecular weight is 267 g/mol. The molecule has 2 aliphatic rings. The van der Waals surface area contributed by atoms with E-state index >= 15 is 0 Å². The number of anilines is 1. The second-order valence-electron chi connectivity index (χ2n) is 5.35. The lowest BCUT2D eigenvalue weighted by Crippen LogP contribution is -2.18. The van der Waals surface area contributed by atoms with Gasteiger partial charge in [-0.25, -0.2) is 9.78 Å². The molecule has 0 unspecified atom stereocenters. The van der Waals surface area contributed by atoms with E-state index in [4.69, 9.17) is 16.7 Å². The number of hydrogen-bond acceptors (Lipinski definition) is 3. The summed E-state index contributed by atoms with van der Waals surface area (Å²) in [5.41, 5.74) is 0.588. The van der Waals surface area contributed by atoms with E-state index in [-0.39, 0.29) is 5.56 Å². The molecule has 2 aliphatic carbocycles. The Morgan fingerprint density at radius 2 is 2.28 bits per heavy atom. The molecule has 0 aliphatic heterocycles. The third-order valence-electron chi connectivity index (χ3n) is 4.03. The first-order valence-electron chi connectivity index (χ1n) is 6.23. The number of carboxylic acids is 1. The predicted molar refractivity (Wildman–Crippen MR) is 69.1 cm³/mol. The third-order valence-corrected chi connectivity index (χ3v) is 4.32. The molecule has 4 nitrogen and oxygen atoms in total. The van der Waals surface area contributed by atoms with Crippen molar-refractivity contribution in [2.75, 3.05) is 11.9 Å². The summed E-state index contributed by atoms with van der Waals surface area (Å²) in [7, 11) is 0. The van der Waals surface area contributed by atoms with Gasteiger partial charge in [-0.05, 0) is 43.1 Å². The molecule has 0 aromatic carbocycles. The normalized spacial score (nSPS) is 20.5. The molecule has 0 saturated heterocycles. The quantitative estimate of drug-likeness (QED) is 0.860. The molecule has 2 N–H and O–H groups in total. The number of nitrogens with zero attached hydrogens (tertiary/aromatic N) is 1. The molecule has 18 heavy (non-hydrogen) atoms. The smallest absolute Gasteiger partial charge is 0.337 e. The van der Waals surface area contributed by atoms with E-state index in [0.29, 0.717) is 16.3 Å². The van der Waals surface area contributed by atoms with E-state index in [9.17, 15) is 4.79 Å². The second kappa shape index (κ2) is 4.12. The summed E-state index contributed by atoms with van der Waals surface area (Å²) in [6, 6.07) is 1.44. The van der Waals surface area contributed by atoms with Crippen molar-refractivity contribution in [2.45, 2.75) is 25.7 Å². The summed E-state index contributed by atoms with van der Waals surface area (Å²) in [6.07, 6.45) is 6.61. The van der Waals surface area contributed by atoms with E-state index in [1.165, 1.54) is 37.9 Å². The molecule has 0 bridgehead atoms. The van der Waals surface area contributed by atoms with E-state index in [2.05, 4.69) is 10.3 Å². The maximum absolute atomic E-state index is 10.8. The molecule has 1 aromatic heterocycles. The summed E-state index contributed by atoms with van der Waals surface area (Å²) in [6.45, 7) is 0.900. The molecule has 0 spiro atoms. The molecule has 96 valence electrons. The summed E-state index contributed by atoms with van der Waals surface area (Å²) in [5.74, 6) is 0.461. The van der Waals surface area contributed by atoms with Gasteiger partial charge >= 0.3 is 5.97 Å². The molecule has 1 heterocycles. The third kappa shape index (κ3) is 2.17. The SMILES string of the molecule is O=C(O)c1cnc(NCC2(C3CC3)CC2)c(Cl)c1. The van der Waals surface area contributed by atoms with Crippen molar-refractivity contribution in [3.63, 3.8) is 0 Å². The fraction of sp³-hybridized carbons (Fsp3) is 0.538. The minimum absolute atomic E-state index is 0.119. The topological polar surface area (TPSA) is 62.2 Å². The first-order chi connectivity index (χ1) is 8.61. The number of aromatic nitrogens is 1. The predicted octanol–water partition coefficient (Wildman–Crippen LogP) is 3.04. The van der Waals surface area contributed by atoms with Crippen LogP contribution in [0.2, 0.25) is 5.02 Å². The van der Waals surface area contributed by atoms with Gasteiger partial charge in [-0.3, -0.25) is 0 Å². The lowest BCUT2D eigenvalue weighted by Gasteiger charge is -2.16. The number of halogens is 1. The van der Waals surface area contributed by atoms with Gasteiger partial charge in [0, 0.05) is 12.7 Å². The fourth-order valence-electron chi connectivity index (χ4n) is 2.53. The van der Waals surface area contributed by atoms with Crippen LogP contribution in [0.25, 0.3) is 0 Å².